The van der Waals surface area contributed by atoms with Crippen molar-refractivity contribution in [3.8, 4) is 0 Å². The van der Waals surface area contributed by atoms with E-state index in [-0.39, 0.29) is 25.2 Å². The van der Waals surface area contributed by atoms with Gasteiger partial charge in [-0.1, -0.05) is 201 Å². The molecule has 0 amide bonds. The molecule has 0 fully saturated rings. The third-order valence-corrected chi connectivity index (χ3v) is 9.80. The molecule has 0 saturated heterocycles. The van der Waals surface area contributed by atoms with Gasteiger partial charge in [-0.3, -0.25) is 9.59 Å². The first-order valence-corrected chi connectivity index (χ1v) is 24.4. The maximum atomic E-state index is 12.7. The largest absolute Gasteiger partial charge is 0.462 e. The first kappa shape index (κ1) is 56.6. The molecule has 0 heterocycles. The van der Waals surface area contributed by atoms with Crippen LogP contribution in [0.4, 0.5) is 0 Å². The van der Waals surface area contributed by atoms with Gasteiger partial charge in [-0.15, -0.1) is 0 Å². The highest BCUT2D eigenvalue weighted by atomic mass is 16.6. The molecule has 340 valence electrons. The van der Waals surface area contributed by atoms with Crippen LogP contribution >= 0.6 is 0 Å². The fourth-order valence-electron chi connectivity index (χ4n) is 6.24. The van der Waals surface area contributed by atoms with Crippen molar-refractivity contribution < 1.29 is 23.8 Å². The fraction of sp³-hybridized carbons (Fsp3) is 0.636. The molecule has 0 aromatic heterocycles. The predicted octanol–water partition coefficient (Wildman–Crippen LogP) is 16.4. The number of allylic oxidation sites excluding steroid dienone is 18. The van der Waals surface area contributed by atoms with Crippen molar-refractivity contribution in [3.05, 3.63) is 109 Å². The summed E-state index contributed by atoms with van der Waals surface area (Å²) in [6.45, 7) is 7.45. The molecule has 0 spiro atoms. The van der Waals surface area contributed by atoms with E-state index in [1.807, 2.05) is 0 Å². The molecule has 0 aromatic carbocycles. The molecule has 0 aromatic rings. The summed E-state index contributed by atoms with van der Waals surface area (Å²) in [6, 6.07) is 0. The smallest absolute Gasteiger partial charge is 0.306 e. The van der Waals surface area contributed by atoms with E-state index in [0.29, 0.717) is 19.4 Å². The van der Waals surface area contributed by atoms with Crippen molar-refractivity contribution in [1.82, 2.24) is 0 Å². The maximum Gasteiger partial charge on any atom is 0.306 e. The number of carbonyl (C=O) groups excluding carboxylic acids is 2. The number of carbonyl (C=O) groups is 2. The van der Waals surface area contributed by atoms with E-state index in [2.05, 4.69) is 130 Å². The Labute approximate surface area is 370 Å². The Morgan fingerprint density at radius 3 is 1.23 bits per heavy atom. The van der Waals surface area contributed by atoms with Crippen molar-refractivity contribution >= 4 is 11.9 Å². The molecule has 5 nitrogen and oxygen atoms in total. The van der Waals surface area contributed by atoms with Crippen molar-refractivity contribution in [1.29, 1.82) is 0 Å². The van der Waals surface area contributed by atoms with E-state index in [4.69, 9.17) is 14.2 Å². The highest BCUT2D eigenvalue weighted by Gasteiger charge is 2.17. The van der Waals surface area contributed by atoms with Crippen LogP contribution in [0.5, 0.6) is 0 Å². The van der Waals surface area contributed by atoms with Crippen molar-refractivity contribution in [2.75, 3.05) is 19.8 Å². The summed E-state index contributed by atoms with van der Waals surface area (Å²) in [5, 5.41) is 0. The Kier molecular flexibility index (Phi) is 47.1. The lowest BCUT2D eigenvalue weighted by Crippen LogP contribution is -2.30. The van der Waals surface area contributed by atoms with Crippen LogP contribution < -0.4 is 0 Å². The second-order valence-corrected chi connectivity index (χ2v) is 15.6. The zero-order valence-electron chi connectivity index (χ0n) is 38.9. The van der Waals surface area contributed by atoms with Gasteiger partial charge in [0, 0.05) is 19.4 Å². The quantitative estimate of drug-likeness (QED) is 0.0348. The van der Waals surface area contributed by atoms with Gasteiger partial charge in [-0.25, -0.2) is 0 Å². The van der Waals surface area contributed by atoms with E-state index < -0.39 is 6.10 Å². The van der Waals surface area contributed by atoms with Crippen LogP contribution in [0.3, 0.4) is 0 Å². The minimum absolute atomic E-state index is 0.0380. The third-order valence-electron chi connectivity index (χ3n) is 9.80. The molecule has 0 N–H and O–H groups in total. The fourth-order valence-corrected chi connectivity index (χ4v) is 6.24. The Morgan fingerprint density at radius 2 is 0.767 bits per heavy atom. The van der Waals surface area contributed by atoms with Crippen molar-refractivity contribution in [2.24, 2.45) is 0 Å². The number of hydrogen-bond acceptors (Lipinski definition) is 5. The summed E-state index contributed by atoms with van der Waals surface area (Å²) in [7, 11) is 0. The second-order valence-electron chi connectivity index (χ2n) is 15.6. The standard InChI is InChI=1S/C55H90O5/c1-4-7-10-13-16-19-22-24-26-28-29-31-34-36-39-42-45-48-54(56)59-52-53(60-55(57)49-46-43-40-37-33-21-18-15-12-9-6-3)51-58-50-47-44-41-38-35-32-30-27-25-23-20-17-14-11-8-5-2/h7-8,10-11,16-17,19-20,24-27,29,31-32,35-36,39,53H,4-6,9,12-15,18,21-23,28,30,33-34,37-38,40-52H2,1-3H3/b10-7-,11-8-,19-16-,20-17-,26-24-,27-25-,31-29-,35-32-,39-36-. The average Bonchev–Trinajstić information content (AvgIpc) is 3.25. The molecule has 5 heteroatoms. The van der Waals surface area contributed by atoms with Crippen LogP contribution in [-0.2, 0) is 23.8 Å². The van der Waals surface area contributed by atoms with E-state index in [0.717, 1.165) is 116 Å². The zero-order chi connectivity index (χ0) is 43.5. The molecule has 1 unspecified atom stereocenters. The molecule has 0 radical (unpaired) electrons. The zero-order valence-corrected chi connectivity index (χ0v) is 38.9. The molecule has 0 aliphatic heterocycles. The monoisotopic (exact) mass is 831 g/mol. The highest BCUT2D eigenvalue weighted by molar-refractivity contribution is 5.70. The number of ether oxygens (including phenoxy) is 3. The van der Waals surface area contributed by atoms with Gasteiger partial charge in [-0.2, -0.15) is 0 Å². The van der Waals surface area contributed by atoms with Gasteiger partial charge in [0.05, 0.1) is 6.61 Å². The van der Waals surface area contributed by atoms with E-state index in [9.17, 15) is 9.59 Å². The molecule has 0 aliphatic carbocycles. The van der Waals surface area contributed by atoms with E-state index in [1.54, 1.807) is 0 Å². The maximum absolute atomic E-state index is 12.7. The highest BCUT2D eigenvalue weighted by Crippen LogP contribution is 2.13. The first-order valence-electron chi connectivity index (χ1n) is 24.4. The van der Waals surface area contributed by atoms with Crippen LogP contribution in [0.1, 0.15) is 201 Å². The van der Waals surface area contributed by atoms with Gasteiger partial charge >= 0.3 is 11.9 Å². The second kappa shape index (κ2) is 49.9. The summed E-state index contributed by atoms with van der Waals surface area (Å²) >= 11 is 0. The lowest BCUT2D eigenvalue weighted by atomic mass is 10.1. The lowest BCUT2D eigenvalue weighted by molar-refractivity contribution is -0.163. The Balaban J connectivity index is 4.42. The lowest BCUT2D eigenvalue weighted by Gasteiger charge is -2.18. The SMILES string of the molecule is CC/C=C\C/C=C\C/C=C\C/C=C\C/C=C\CCCC(=O)OCC(COCCCCC/C=C\C/C=C\C/C=C\C/C=C\CC)OC(=O)CCCCCCCCCCCCC. The van der Waals surface area contributed by atoms with Gasteiger partial charge in [0.15, 0.2) is 6.10 Å². The molecule has 0 saturated carbocycles. The summed E-state index contributed by atoms with van der Waals surface area (Å²) in [5.74, 6) is -0.489. The third kappa shape index (κ3) is 47.2. The van der Waals surface area contributed by atoms with Crippen molar-refractivity contribution in [2.45, 2.75) is 207 Å². The van der Waals surface area contributed by atoms with Crippen molar-refractivity contribution in [3.63, 3.8) is 0 Å². The molecule has 0 rings (SSSR count). The molecule has 1 atom stereocenters. The number of hydrogen-bond donors (Lipinski definition) is 0. The minimum atomic E-state index is -0.579. The number of esters is 2. The van der Waals surface area contributed by atoms with Gasteiger partial charge in [0.2, 0.25) is 0 Å². The normalized spacial score (nSPS) is 13.2. The molecular formula is C55H90O5. The average molecular weight is 831 g/mol. The summed E-state index contributed by atoms with van der Waals surface area (Å²) in [5.41, 5.74) is 0. The topological polar surface area (TPSA) is 61.8 Å². The predicted molar refractivity (Wildman–Crippen MR) is 260 cm³/mol. The first-order chi connectivity index (χ1) is 29.6. The molecule has 60 heavy (non-hydrogen) atoms. The summed E-state index contributed by atoms with van der Waals surface area (Å²) in [6.07, 6.45) is 68.1. The van der Waals surface area contributed by atoms with Crippen LogP contribution in [0.2, 0.25) is 0 Å². The Bertz CT molecular complexity index is 1210. The van der Waals surface area contributed by atoms with Crippen LogP contribution in [0, 0.1) is 0 Å². The van der Waals surface area contributed by atoms with Gasteiger partial charge in [-0.05, 0) is 96.3 Å². The van der Waals surface area contributed by atoms with Crippen LogP contribution in [0.25, 0.3) is 0 Å². The minimum Gasteiger partial charge on any atom is -0.462 e. The number of unbranched alkanes of at least 4 members (excludes halogenated alkanes) is 14. The van der Waals surface area contributed by atoms with Gasteiger partial charge in [0.1, 0.15) is 6.61 Å². The van der Waals surface area contributed by atoms with Gasteiger partial charge < -0.3 is 14.2 Å². The van der Waals surface area contributed by atoms with E-state index in [1.165, 1.54) is 51.4 Å². The Hall–Kier alpha value is -3.44. The van der Waals surface area contributed by atoms with E-state index >= 15 is 0 Å². The van der Waals surface area contributed by atoms with Crippen LogP contribution in [-0.4, -0.2) is 37.9 Å². The molecular weight excluding hydrogens is 741 g/mol. The summed E-state index contributed by atoms with van der Waals surface area (Å²) < 4.78 is 17.3. The number of rotatable bonds is 43. The molecule has 0 bridgehead atoms. The Morgan fingerprint density at radius 1 is 0.383 bits per heavy atom. The van der Waals surface area contributed by atoms with Crippen LogP contribution in [0.15, 0.2) is 109 Å². The van der Waals surface area contributed by atoms with Gasteiger partial charge in [0.25, 0.3) is 0 Å². The molecule has 0 aliphatic rings. The summed E-state index contributed by atoms with van der Waals surface area (Å²) in [4.78, 5) is 25.3.